The maximum atomic E-state index is 13.0. The van der Waals surface area contributed by atoms with E-state index in [1.807, 2.05) is 6.92 Å². The van der Waals surface area contributed by atoms with Gasteiger partial charge in [-0.3, -0.25) is 0 Å². The minimum absolute atomic E-state index is 0.336. The first-order chi connectivity index (χ1) is 8.15. The second kappa shape index (κ2) is 4.97. The molecule has 0 saturated carbocycles. The van der Waals surface area contributed by atoms with Crippen molar-refractivity contribution in [1.29, 1.82) is 0 Å². The Kier molecular flexibility index (Phi) is 3.39. The van der Waals surface area contributed by atoms with Crippen molar-refractivity contribution in [1.82, 2.24) is 10.3 Å². The third-order valence-corrected chi connectivity index (χ3v) is 2.29. The summed E-state index contributed by atoms with van der Waals surface area (Å²) in [5.74, 6) is 0.410. The van der Waals surface area contributed by atoms with Crippen LogP contribution in [0.25, 0.3) is 0 Å². The third kappa shape index (κ3) is 3.04. The average molecular weight is 236 g/mol. The zero-order chi connectivity index (χ0) is 12.3. The normalized spacial score (nSPS) is 10.7. The van der Waals surface area contributed by atoms with E-state index < -0.39 is 5.82 Å². The molecule has 0 spiro atoms. The second-order valence-electron chi connectivity index (χ2n) is 3.75. The molecule has 0 amide bonds. The summed E-state index contributed by atoms with van der Waals surface area (Å²) in [6.07, 6.45) is 1.65. The first-order valence-electron chi connectivity index (χ1n) is 5.24. The first kappa shape index (κ1) is 11.6. The monoisotopic (exact) mass is 236 g/mol. The van der Waals surface area contributed by atoms with Gasteiger partial charge in [-0.1, -0.05) is 6.07 Å². The molecule has 2 aromatic rings. The number of aromatic nitrogens is 1. The van der Waals surface area contributed by atoms with Gasteiger partial charge < -0.3 is 14.8 Å². The maximum Gasteiger partial charge on any atom is 0.208 e. The second-order valence-corrected chi connectivity index (χ2v) is 3.75. The minimum atomic E-state index is -0.615. The van der Waals surface area contributed by atoms with Crippen LogP contribution < -0.4 is 5.32 Å². The van der Waals surface area contributed by atoms with E-state index in [4.69, 9.17) is 9.52 Å². The summed E-state index contributed by atoms with van der Waals surface area (Å²) in [7, 11) is 0. The van der Waals surface area contributed by atoms with Crippen LogP contribution in [0.4, 0.5) is 4.39 Å². The molecule has 2 N–H and O–H groups in total. The number of phenolic OH excluding ortho intramolecular Hbond substituents is 1. The SMILES string of the molecule is Cc1cnc(CNCc2ccc(O)c(F)c2)o1. The standard InChI is InChI=1S/C12H13FN2O2/c1-8-5-15-12(17-8)7-14-6-9-2-3-11(16)10(13)4-9/h2-5,14,16H,6-7H2,1H3. The topological polar surface area (TPSA) is 58.3 Å². The van der Waals surface area contributed by atoms with Gasteiger partial charge in [-0.15, -0.1) is 0 Å². The van der Waals surface area contributed by atoms with Gasteiger partial charge in [0.25, 0.3) is 0 Å². The Hall–Kier alpha value is -1.88. The molecule has 4 nitrogen and oxygen atoms in total. The van der Waals surface area contributed by atoms with Crippen molar-refractivity contribution in [2.24, 2.45) is 0 Å². The van der Waals surface area contributed by atoms with E-state index in [9.17, 15) is 4.39 Å². The Labute approximate surface area is 98.1 Å². The van der Waals surface area contributed by atoms with Crippen molar-refractivity contribution in [2.75, 3.05) is 0 Å². The molecule has 0 aliphatic carbocycles. The molecule has 0 saturated heterocycles. The van der Waals surface area contributed by atoms with Gasteiger partial charge in [0, 0.05) is 6.54 Å². The quantitative estimate of drug-likeness (QED) is 0.853. The summed E-state index contributed by atoms with van der Waals surface area (Å²) in [5, 5.41) is 12.1. The average Bonchev–Trinajstić information content (AvgIpc) is 2.70. The molecule has 0 aliphatic heterocycles. The molecule has 0 atom stereocenters. The molecule has 17 heavy (non-hydrogen) atoms. The number of hydrogen-bond donors (Lipinski definition) is 2. The molecule has 0 radical (unpaired) electrons. The van der Waals surface area contributed by atoms with Crippen LogP contribution >= 0.6 is 0 Å². The van der Waals surface area contributed by atoms with Gasteiger partial charge in [-0.2, -0.15) is 0 Å². The molecule has 0 aliphatic rings. The van der Waals surface area contributed by atoms with E-state index >= 15 is 0 Å². The fourth-order valence-corrected chi connectivity index (χ4v) is 1.46. The zero-order valence-corrected chi connectivity index (χ0v) is 9.40. The number of oxazole rings is 1. The molecule has 1 aromatic carbocycles. The Morgan fingerprint density at radius 2 is 2.24 bits per heavy atom. The lowest BCUT2D eigenvalue weighted by atomic mass is 10.2. The molecule has 0 fully saturated rings. The Bertz CT molecular complexity index is 511. The lowest BCUT2D eigenvalue weighted by Crippen LogP contribution is -2.12. The van der Waals surface area contributed by atoms with Gasteiger partial charge in [-0.05, 0) is 24.6 Å². The van der Waals surface area contributed by atoms with E-state index in [1.54, 1.807) is 12.3 Å². The largest absolute Gasteiger partial charge is 0.505 e. The number of benzene rings is 1. The molecule has 0 unspecified atom stereocenters. The number of aromatic hydroxyl groups is 1. The summed E-state index contributed by atoms with van der Waals surface area (Å²) in [6.45, 7) is 2.79. The Morgan fingerprint density at radius 1 is 1.41 bits per heavy atom. The van der Waals surface area contributed by atoms with Crippen molar-refractivity contribution < 1.29 is 13.9 Å². The lowest BCUT2D eigenvalue weighted by molar-refractivity contribution is 0.430. The molecular weight excluding hydrogens is 223 g/mol. The summed E-state index contributed by atoms with van der Waals surface area (Å²) in [4.78, 5) is 4.04. The van der Waals surface area contributed by atoms with E-state index in [2.05, 4.69) is 10.3 Å². The molecule has 1 aromatic heterocycles. The van der Waals surface area contributed by atoms with Crippen molar-refractivity contribution in [3.05, 3.63) is 47.4 Å². The lowest BCUT2D eigenvalue weighted by Gasteiger charge is -2.03. The zero-order valence-electron chi connectivity index (χ0n) is 9.40. The van der Waals surface area contributed by atoms with Gasteiger partial charge in [0.2, 0.25) is 5.89 Å². The van der Waals surface area contributed by atoms with Crippen LogP contribution in [0.3, 0.4) is 0 Å². The van der Waals surface area contributed by atoms with E-state index in [1.165, 1.54) is 12.1 Å². The predicted molar refractivity (Wildman–Crippen MR) is 59.8 cm³/mol. The maximum absolute atomic E-state index is 13.0. The van der Waals surface area contributed by atoms with Gasteiger partial charge in [-0.25, -0.2) is 9.37 Å². The highest BCUT2D eigenvalue weighted by molar-refractivity contribution is 5.27. The summed E-state index contributed by atoms with van der Waals surface area (Å²) in [5.41, 5.74) is 0.753. The molecule has 5 heteroatoms. The summed E-state index contributed by atoms with van der Waals surface area (Å²) < 4.78 is 18.3. The molecule has 1 heterocycles. The molecular formula is C12H13FN2O2. The van der Waals surface area contributed by atoms with Gasteiger partial charge in [0.05, 0.1) is 12.7 Å². The number of rotatable bonds is 4. The predicted octanol–water partition coefficient (Wildman–Crippen LogP) is 2.12. The molecule has 0 bridgehead atoms. The molecule has 90 valence electrons. The number of nitrogens with one attached hydrogen (secondary N) is 1. The van der Waals surface area contributed by atoms with Crippen molar-refractivity contribution >= 4 is 0 Å². The van der Waals surface area contributed by atoms with Gasteiger partial charge >= 0.3 is 0 Å². The number of hydrogen-bond acceptors (Lipinski definition) is 4. The first-order valence-corrected chi connectivity index (χ1v) is 5.24. The third-order valence-electron chi connectivity index (χ3n) is 2.29. The molecule has 2 rings (SSSR count). The van der Waals surface area contributed by atoms with Crippen LogP contribution in [-0.4, -0.2) is 10.1 Å². The smallest absolute Gasteiger partial charge is 0.208 e. The Balaban J connectivity index is 1.87. The number of nitrogens with zero attached hydrogens (tertiary/aromatic N) is 1. The highest BCUT2D eigenvalue weighted by atomic mass is 19.1. The highest BCUT2D eigenvalue weighted by Crippen LogP contribution is 2.15. The van der Waals surface area contributed by atoms with Crippen LogP contribution in [0.15, 0.2) is 28.8 Å². The van der Waals surface area contributed by atoms with Crippen molar-refractivity contribution in [2.45, 2.75) is 20.0 Å². The van der Waals surface area contributed by atoms with E-state index in [0.717, 1.165) is 11.3 Å². The van der Waals surface area contributed by atoms with Crippen molar-refractivity contribution in [3.63, 3.8) is 0 Å². The van der Waals surface area contributed by atoms with Crippen LogP contribution in [-0.2, 0) is 13.1 Å². The van der Waals surface area contributed by atoms with Crippen LogP contribution in [0.5, 0.6) is 5.75 Å². The van der Waals surface area contributed by atoms with Gasteiger partial charge in [0.1, 0.15) is 5.76 Å². The van der Waals surface area contributed by atoms with E-state index in [-0.39, 0.29) is 5.75 Å². The van der Waals surface area contributed by atoms with E-state index in [0.29, 0.717) is 19.0 Å². The van der Waals surface area contributed by atoms with Crippen LogP contribution in [0, 0.1) is 12.7 Å². The number of phenols is 1. The van der Waals surface area contributed by atoms with Crippen LogP contribution in [0.2, 0.25) is 0 Å². The fraction of sp³-hybridized carbons (Fsp3) is 0.250. The minimum Gasteiger partial charge on any atom is -0.505 e. The number of aryl methyl sites for hydroxylation is 1. The summed E-state index contributed by atoms with van der Waals surface area (Å²) in [6, 6.07) is 4.29. The number of halogens is 1. The highest BCUT2D eigenvalue weighted by Gasteiger charge is 2.03. The van der Waals surface area contributed by atoms with Crippen LogP contribution in [0.1, 0.15) is 17.2 Å². The fourth-order valence-electron chi connectivity index (χ4n) is 1.46. The van der Waals surface area contributed by atoms with Gasteiger partial charge in [0.15, 0.2) is 11.6 Å². The van der Waals surface area contributed by atoms with Crippen molar-refractivity contribution in [3.8, 4) is 5.75 Å². The summed E-state index contributed by atoms with van der Waals surface area (Å²) >= 11 is 0. The Morgan fingerprint density at radius 3 is 2.88 bits per heavy atom.